The molecule has 3 rings (SSSR count). The van der Waals surface area contributed by atoms with Crippen molar-refractivity contribution in [2.45, 2.75) is 30.7 Å². The number of benzene rings is 1. The quantitative estimate of drug-likeness (QED) is 0.749. The third-order valence-electron chi connectivity index (χ3n) is 3.65. The van der Waals surface area contributed by atoms with Crippen molar-refractivity contribution in [1.82, 2.24) is 9.71 Å². The summed E-state index contributed by atoms with van der Waals surface area (Å²) in [6.07, 6.45) is 3.34. The monoisotopic (exact) mass is 279 g/mol. The fourth-order valence-electron chi connectivity index (χ4n) is 2.62. The summed E-state index contributed by atoms with van der Waals surface area (Å²) in [4.78, 5) is 3.25. The Morgan fingerprint density at radius 1 is 1.37 bits per heavy atom. The second-order valence-electron chi connectivity index (χ2n) is 5.35. The molecule has 0 spiro atoms. The minimum absolute atomic E-state index is 0.0683. The zero-order valence-electron chi connectivity index (χ0n) is 10.7. The first-order valence-electron chi connectivity index (χ1n) is 6.34. The molecule has 1 saturated carbocycles. The molecule has 0 unspecified atom stereocenters. The van der Waals surface area contributed by atoms with Crippen LogP contribution in [0.4, 0.5) is 5.69 Å². The number of anilines is 1. The second kappa shape index (κ2) is 4.25. The molecule has 1 heterocycles. The number of hydrogen-bond donors (Lipinski definition) is 3. The van der Waals surface area contributed by atoms with Crippen molar-refractivity contribution in [2.75, 3.05) is 5.73 Å². The lowest BCUT2D eigenvalue weighted by Crippen LogP contribution is -2.43. The van der Waals surface area contributed by atoms with Crippen molar-refractivity contribution in [1.29, 1.82) is 0 Å². The molecule has 4 N–H and O–H groups in total. The summed E-state index contributed by atoms with van der Waals surface area (Å²) in [7, 11) is -3.46. The fourth-order valence-corrected chi connectivity index (χ4v) is 4.06. The standard InChI is InChI=1S/C13H17N3O2S/c1-8-4-10(5-8)16-19(17,18)13-7-15-12-6-9(14)2-3-11(12)13/h2-3,6-8,10,15-16H,4-5,14H2,1H3. The largest absolute Gasteiger partial charge is 0.399 e. The first kappa shape index (κ1) is 12.5. The molecule has 6 heteroatoms. The number of nitrogens with one attached hydrogen (secondary N) is 2. The molecule has 19 heavy (non-hydrogen) atoms. The Hall–Kier alpha value is -1.53. The smallest absolute Gasteiger partial charge is 0.242 e. The summed E-state index contributed by atoms with van der Waals surface area (Å²) in [6, 6.07) is 5.25. The number of nitrogen functional groups attached to an aromatic ring is 1. The van der Waals surface area contributed by atoms with Gasteiger partial charge in [-0.1, -0.05) is 6.92 Å². The highest BCUT2D eigenvalue weighted by atomic mass is 32.2. The van der Waals surface area contributed by atoms with E-state index in [0.29, 0.717) is 21.9 Å². The van der Waals surface area contributed by atoms with E-state index in [2.05, 4.69) is 16.6 Å². The van der Waals surface area contributed by atoms with E-state index in [1.54, 1.807) is 18.2 Å². The summed E-state index contributed by atoms with van der Waals surface area (Å²) in [5.74, 6) is 0.607. The molecule has 1 aliphatic carbocycles. The average Bonchev–Trinajstić information content (AvgIpc) is 2.70. The van der Waals surface area contributed by atoms with E-state index in [9.17, 15) is 8.42 Å². The van der Waals surface area contributed by atoms with Crippen LogP contribution in [0.5, 0.6) is 0 Å². The van der Waals surface area contributed by atoms with Gasteiger partial charge < -0.3 is 10.7 Å². The minimum Gasteiger partial charge on any atom is -0.399 e. The van der Waals surface area contributed by atoms with Crippen LogP contribution in [0.3, 0.4) is 0 Å². The Labute approximate surface area is 112 Å². The minimum atomic E-state index is -3.46. The summed E-state index contributed by atoms with van der Waals surface area (Å²) in [5, 5.41) is 0.675. The van der Waals surface area contributed by atoms with Crippen LogP contribution in [-0.2, 0) is 10.0 Å². The number of nitrogens with two attached hydrogens (primary N) is 1. The van der Waals surface area contributed by atoms with Crippen LogP contribution in [0.2, 0.25) is 0 Å². The normalized spacial score (nSPS) is 23.4. The summed E-state index contributed by atoms with van der Waals surface area (Å²) in [5.41, 5.74) is 7.03. The molecular weight excluding hydrogens is 262 g/mol. The number of H-pyrrole nitrogens is 1. The lowest BCUT2D eigenvalue weighted by molar-refractivity contribution is 0.270. The van der Waals surface area contributed by atoms with Crippen molar-refractivity contribution >= 4 is 26.6 Å². The van der Waals surface area contributed by atoms with Gasteiger partial charge in [-0.3, -0.25) is 0 Å². The Balaban J connectivity index is 1.94. The maximum atomic E-state index is 12.3. The van der Waals surface area contributed by atoms with Gasteiger partial charge in [0.05, 0.1) is 0 Å². The van der Waals surface area contributed by atoms with Crippen LogP contribution in [0.1, 0.15) is 19.8 Å². The lowest BCUT2D eigenvalue weighted by Gasteiger charge is -2.32. The number of rotatable bonds is 3. The third-order valence-corrected chi connectivity index (χ3v) is 5.21. The van der Waals surface area contributed by atoms with Crippen molar-refractivity contribution < 1.29 is 8.42 Å². The second-order valence-corrected chi connectivity index (χ2v) is 7.04. The van der Waals surface area contributed by atoms with Gasteiger partial charge >= 0.3 is 0 Å². The van der Waals surface area contributed by atoms with Crippen LogP contribution in [0.25, 0.3) is 10.9 Å². The Morgan fingerprint density at radius 3 is 2.79 bits per heavy atom. The Bertz CT molecular complexity index is 715. The van der Waals surface area contributed by atoms with E-state index >= 15 is 0 Å². The van der Waals surface area contributed by atoms with Crippen LogP contribution in [-0.4, -0.2) is 19.4 Å². The van der Waals surface area contributed by atoms with Gasteiger partial charge in [-0.05, 0) is 37.0 Å². The highest BCUT2D eigenvalue weighted by Gasteiger charge is 2.30. The van der Waals surface area contributed by atoms with Crippen LogP contribution < -0.4 is 10.5 Å². The summed E-state index contributed by atoms with van der Waals surface area (Å²) >= 11 is 0. The van der Waals surface area contributed by atoms with Gasteiger partial charge in [0.2, 0.25) is 10.0 Å². The van der Waals surface area contributed by atoms with Gasteiger partial charge in [0.15, 0.2) is 0 Å². The van der Waals surface area contributed by atoms with Gasteiger partial charge in [0.1, 0.15) is 4.90 Å². The molecule has 0 radical (unpaired) electrons. The van der Waals surface area contributed by atoms with E-state index in [-0.39, 0.29) is 6.04 Å². The van der Waals surface area contributed by atoms with Gasteiger partial charge in [0.25, 0.3) is 0 Å². The van der Waals surface area contributed by atoms with Crippen molar-refractivity contribution in [3.63, 3.8) is 0 Å². The molecule has 1 fully saturated rings. The van der Waals surface area contributed by atoms with Crippen molar-refractivity contribution in [3.05, 3.63) is 24.4 Å². The van der Waals surface area contributed by atoms with E-state index in [1.807, 2.05) is 0 Å². The molecule has 0 atom stereocenters. The number of fused-ring (bicyclic) bond motifs is 1. The van der Waals surface area contributed by atoms with Crippen LogP contribution in [0.15, 0.2) is 29.3 Å². The maximum Gasteiger partial charge on any atom is 0.242 e. The predicted octanol–water partition coefficient (Wildman–Crippen LogP) is 1.83. The van der Waals surface area contributed by atoms with E-state index in [0.717, 1.165) is 18.4 Å². The number of sulfonamides is 1. The molecule has 5 nitrogen and oxygen atoms in total. The summed E-state index contributed by atoms with van der Waals surface area (Å²) in [6.45, 7) is 2.12. The molecule has 102 valence electrons. The molecule has 2 aromatic rings. The van der Waals surface area contributed by atoms with Crippen LogP contribution in [0, 0.1) is 5.92 Å². The van der Waals surface area contributed by atoms with Gasteiger partial charge in [-0.15, -0.1) is 0 Å². The molecule has 0 saturated heterocycles. The topological polar surface area (TPSA) is 88.0 Å². The molecule has 0 amide bonds. The maximum absolute atomic E-state index is 12.3. The molecule has 1 aliphatic rings. The zero-order chi connectivity index (χ0) is 13.6. The van der Waals surface area contributed by atoms with E-state index in [1.165, 1.54) is 6.20 Å². The summed E-state index contributed by atoms with van der Waals surface area (Å²) < 4.78 is 27.4. The van der Waals surface area contributed by atoms with E-state index < -0.39 is 10.0 Å². The average molecular weight is 279 g/mol. The molecular formula is C13H17N3O2S. The molecule has 1 aromatic carbocycles. The van der Waals surface area contributed by atoms with Gasteiger partial charge in [-0.25, -0.2) is 13.1 Å². The van der Waals surface area contributed by atoms with Crippen LogP contribution >= 0.6 is 0 Å². The van der Waals surface area contributed by atoms with Crippen molar-refractivity contribution in [2.24, 2.45) is 5.92 Å². The SMILES string of the molecule is CC1CC(NS(=O)(=O)c2c[nH]c3cc(N)ccc23)C1. The highest BCUT2D eigenvalue weighted by molar-refractivity contribution is 7.89. The number of aromatic nitrogens is 1. The van der Waals surface area contributed by atoms with E-state index in [4.69, 9.17) is 5.73 Å². The Morgan fingerprint density at radius 2 is 2.11 bits per heavy atom. The number of hydrogen-bond acceptors (Lipinski definition) is 3. The Kier molecular flexibility index (Phi) is 2.79. The lowest BCUT2D eigenvalue weighted by atomic mass is 9.83. The zero-order valence-corrected chi connectivity index (χ0v) is 11.5. The molecule has 0 bridgehead atoms. The molecule has 1 aromatic heterocycles. The first-order chi connectivity index (χ1) is 8.95. The highest BCUT2D eigenvalue weighted by Crippen LogP contribution is 2.29. The van der Waals surface area contributed by atoms with Crippen molar-refractivity contribution in [3.8, 4) is 0 Å². The third kappa shape index (κ3) is 2.21. The predicted molar refractivity (Wildman–Crippen MR) is 75.2 cm³/mol. The molecule has 0 aliphatic heterocycles. The number of aromatic amines is 1. The fraction of sp³-hybridized carbons (Fsp3) is 0.385. The van der Waals surface area contributed by atoms with Gasteiger partial charge in [-0.2, -0.15) is 0 Å². The first-order valence-corrected chi connectivity index (χ1v) is 7.83. The van der Waals surface area contributed by atoms with Gasteiger partial charge in [0, 0.05) is 28.8 Å².